The van der Waals surface area contributed by atoms with Gasteiger partial charge in [-0.1, -0.05) is 46.0 Å². The summed E-state index contributed by atoms with van der Waals surface area (Å²) in [4.78, 5) is 0. The zero-order chi connectivity index (χ0) is 13.7. The van der Waals surface area contributed by atoms with Crippen LogP contribution in [-0.4, -0.2) is 12.1 Å². The standard InChI is InChI=1S/C18H35N/c1-15(16-9-6-4-5-7-10-16)19-17-11-8-13-18(2,3)14-12-17/h15-17,19H,4-14H2,1-3H3/t15-,17?/m0/s1. The van der Waals surface area contributed by atoms with Gasteiger partial charge >= 0.3 is 0 Å². The van der Waals surface area contributed by atoms with E-state index in [4.69, 9.17) is 0 Å². The van der Waals surface area contributed by atoms with Crippen LogP contribution >= 0.6 is 0 Å². The van der Waals surface area contributed by atoms with Crippen molar-refractivity contribution >= 4 is 0 Å². The summed E-state index contributed by atoms with van der Waals surface area (Å²) in [5.41, 5.74) is 0.585. The third-order valence-electron chi connectivity index (χ3n) is 5.68. The molecular weight excluding hydrogens is 230 g/mol. The molecule has 1 N–H and O–H groups in total. The van der Waals surface area contributed by atoms with Crippen molar-refractivity contribution in [2.45, 2.75) is 103 Å². The molecule has 112 valence electrons. The van der Waals surface area contributed by atoms with Crippen LogP contribution in [0.15, 0.2) is 0 Å². The van der Waals surface area contributed by atoms with Crippen molar-refractivity contribution < 1.29 is 0 Å². The fourth-order valence-corrected chi connectivity index (χ4v) is 4.15. The smallest absolute Gasteiger partial charge is 0.00698 e. The van der Waals surface area contributed by atoms with Crippen LogP contribution in [0.4, 0.5) is 0 Å². The Hall–Kier alpha value is -0.0400. The van der Waals surface area contributed by atoms with Crippen LogP contribution in [0.2, 0.25) is 0 Å². The molecule has 0 bridgehead atoms. The highest BCUT2D eigenvalue weighted by molar-refractivity contribution is 4.83. The lowest BCUT2D eigenvalue weighted by atomic mass is 9.85. The first kappa shape index (κ1) is 15.4. The Morgan fingerprint density at radius 1 is 0.842 bits per heavy atom. The molecular formula is C18H35N. The second-order valence-electron chi connectivity index (χ2n) is 8.00. The topological polar surface area (TPSA) is 12.0 Å². The monoisotopic (exact) mass is 265 g/mol. The lowest BCUT2D eigenvalue weighted by molar-refractivity contribution is 0.283. The van der Waals surface area contributed by atoms with Gasteiger partial charge in [-0.2, -0.15) is 0 Å². The molecule has 0 spiro atoms. The molecule has 2 fully saturated rings. The summed E-state index contributed by atoms with van der Waals surface area (Å²) in [7, 11) is 0. The number of hydrogen-bond donors (Lipinski definition) is 1. The minimum absolute atomic E-state index is 0.585. The molecule has 2 rings (SSSR count). The van der Waals surface area contributed by atoms with Gasteiger partial charge in [0.1, 0.15) is 0 Å². The average Bonchev–Trinajstić information content (AvgIpc) is 2.71. The molecule has 2 aliphatic carbocycles. The Balaban J connectivity index is 1.79. The molecule has 0 saturated heterocycles. The first-order valence-electron chi connectivity index (χ1n) is 8.83. The van der Waals surface area contributed by atoms with Gasteiger partial charge in [0.2, 0.25) is 0 Å². The zero-order valence-electron chi connectivity index (χ0n) is 13.5. The minimum atomic E-state index is 0.585. The third-order valence-corrected chi connectivity index (χ3v) is 5.68. The highest BCUT2D eigenvalue weighted by Crippen LogP contribution is 2.34. The van der Waals surface area contributed by atoms with Gasteiger partial charge in [0.25, 0.3) is 0 Å². The zero-order valence-corrected chi connectivity index (χ0v) is 13.5. The maximum absolute atomic E-state index is 3.99. The van der Waals surface area contributed by atoms with Crippen LogP contribution in [-0.2, 0) is 0 Å². The van der Waals surface area contributed by atoms with Gasteiger partial charge in [-0.3, -0.25) is 0 Å². The highest BCUT2D eigenvalue weighted by atomic mass is 14.9. The first-order valence-corrected chi connectivity index (χ1v) is 8.83. The normalized spacial score (nSPS) is 31.4. The summed E-state index contributed by atoms with van der Waals surface area (Å²) in [5, 5.41) is 3.99. The number of rotatable bonds is 3. The van der Waals surface area contributed by atoms with Crippen molar-refractivity contribution in [1.29, 1.82) is 0 Å². The molecule has 0 radical (unpaired) electrons. The van der Waals surface area contributed by atoms with Gasteiger partial charge in [0.15, 0.2) is 0 Å². The predicted molar refractivity (Wildman–Crippen MR) is 84.4 cm³/mol. The summed E-state index contributed by atoms with van der Waals surface area (Å²) in [6.07, 6.45) is 15.8. The summed E-state index contributed by atoms with van der Waals surface area (Å²) in [6, 6.07) is 1.53. The fraction of sp³-hybridized carbons (Fsp3) is 1.00. The van der Waals surface area contributed by atoms with Crippen molar-refractivity contribution in [2.75, 3.05) is 0 Å². The van der Waals surface area contributed by atoms with Crippen molar-refractivity contribution in [3.05, 3.63) is 0 Å². The summed E-state index contributed by atoms with van der Waals surface area (Å²) in [5.74, 6) is 0.943. The van der Waals surface area contributed by atoms with Gasteiger partial charge < -0.3 is 5.32 Å². The van der Waals surface area contributed by atoms with Crippen molar-refractivity contribution in [3.8, 4) is 0 Å². The molecule has 0 amide bonds. The Bertz CT molecular complexity index is 250. The Labute approximate surface area is 120 Å². The molecule has 0 aliphatic heterocycles. The van der Waals surface area contributed by atoms with Crippen LogP contribution < -0.4 is 5.32 Å². The number of hydrogen-bond acceptors (Lipinski definition) is 1. The van der Waals surface area contributed by atoms with E-state index in [1.54, 1.807) is 0 Å². The van der Waals surface area contributed by atoms with E-state index in [0.717, 1.165) is 18.0 Å². The highest BCUT2D eigenvalue weighted by Gasteiger charge is 2.26. The van der Waals surface area contributed by atoms with Crippen molar-refractivity contribution in [1.82, 2.24) is 5.32 Å². The Morgan fingerprint density at radius 3 is 2.21 bits per heavy atom. The second kappa shape index (κ2) is 7.11. The molecule has 1 heteroatoms. The number of nitrogens with one attached hydrogen (secondary N) is 1. The van der Waals surface area contributed by atoms with Gasteiger partial charge in [-0.25, -0.2) is 0 Å². The SMILES string of the molecule is C[C@H](NC1CCCC(C)(C)CC1)C1CCCCCC1. The molecule has 2 aliphatic rings. The Kier molecular flexibility index (Phi) is 5.74. The van der Waals surface area contributed by atoms with Crippen LogP contribution in [0.25, 0.3) is 0 Å². The molecule has 0 aromatic rings. The molecule has 0 aromatic carbocycles. The Morgan fingerprint density at radius 2 is 1.53 bits per heavy atom. The maximum Gasteiger partial charge on any atom is 0.00698 e. The average molecular weight is 265 g/mol. The first-order chi connectivity index (χ1) is 9.07. The second-order valence-corrected chi connectivity index (χ2v) is 8.00. The van der Waals surface area contributed by atoms with E-state index < -0.39 is 0 Å². The van der Waals surface area contributed by atoms with E-state index in [-0.39, 0.29) is 0 Å². The van der Waals surface area contributed by atoms with E-state index in [2.05, 4.69) is 26.1 Å². The fourth-order valence-electron chi connectivity index (χ4n) is 4.15. The van der Waals surface area contributed by atoms with Crippen LogP contribution in [0.5, 0.6) is 0 Å². The molecule has 0 aromatic heterocycles. The largest absolute Gasteiger partial charge is 0.311 e. The molecule has 19 heavy (non-hydrogen) atoms. The molecule has 0 heterocycles. The van der Waals surface area contributed by atoms with Crippen molar-refractivity contribution in [3.63, 3.8) is 0 Å². The summed E-state index contributed by atoms with van der Waals surface area (Å²) in [6.45, 7) is 7.35. The summed E-state index contributed by atoms with van der Waals surface area (Å²) >= 11 is 0. The lowest BCUT2D eigenvalue weighted by Crippen LogP contribution is -2.40. The van der Waals surface area contributed by atoms with E-state index in [1.165, 1.54) is 70.6 Å². The van der Waals surface area contributed by atoms with Crippen LogP contribution in [0.1, 0.15) is 91.4 Å². The van der Waals surface area contributed by atoms with E-state index in [9.17, 15) is 0 Å². The maximum atomic E-state index is 3.99. The van der Waals surface area contributed by atoms with Gasteiger partial charge in [0.05, 0.1) is 0 Å². The van der Waals surface area contributed by atoms with Crippen molar-refractivity contribution in [2.24, 2.45) is 11.3 Å². The van der Waals surface area contributed by atoms with E-state index >= 15 is 0 Å². The van der Waals surface area contributed by atoms with Gasteiger partial charge in [-0.15, -0.1) is 0 Å². The summed E-state index contributed by atoms with van der Waals surface area (Å²) < 4.78 is 0. The minimum Gasteiger partial charge on any atom is -0.311 e. The van der Waals surface area contributed by atoms with Crippen LogP contribution in [0.3, 0.4) is 0 Å². The van der Waals surface area contributed by atoms with Gasteiger partial charge in [0, 0.05) is 12.1 Å². The molecule has 2 atom stereocenters. The third kappa shape index (κ3) is 5.10. The quantitative estimate of drug-likeness (QED) is 0.683. The molecule has 2 saturated carbocycles. The van der Waals surface area contributed by atoms with E-state index in [1.807, 2.05) is 0 Å². The van der Waals surface area contributed by atoms with Gasteiger partial charge in [-0.05, 0) is 56.8 Å². The lowest BCUT2D eigenvalue weighted by Gasteiger charge is -2.29. The van der Waals surface area contributed by atoms with E-state index in [0.29, 0.717) is 5.41 Å². The van der Waals surface area contributed by atoms with Crippen LogP contribution in [0, 0.1) is 11.3 Å². The molecule has 1 unspecified atom stereocenters. The molecule has 1 nitrogen and oxygen atoms in total. The predicted octanol–water partition coefficient (Wildman–Crippen LogP) is 5.29.